The molecule has 0 saturated carbocycles. The Kier molecular flexibility index (Phi) is 8.06. The highest BCUT2D eigenvalue weighted by molar-refractivity contribution is 6.34. The van der Waals surface area contributed by atoms with E-state index in [4.69, 9.17) is 11.6 Å². The van der Waals surface area contributed by atoms with E-state index in [1.165, 1.54) is 12.1 Å². The van der Waals surface area contributed by atoms with Crippen LogP contribution >= 0.6 is 11.6 Å². The number of amides is 2. The molecule has 2 amide bonds. The predicted molar refractivity (Wildman–Crippen MR) is 131 cm³/mol. The first-order valence-corrected chi connectivity index (χ1v) is 11.0. The zero-order valence-corrected chi connectivity index (χ0v) is 19.7. The quantitative estimate of drug-likeness (QED) is 0.460. The van der Waals surface area contributed by atoms with Gasteiger partial charge in [-0.1, -0.05) is 42.8 Å². The van der Waals surface area contributed by atoms with Crippen molar-refractivity contribution < 1.29 is 14.0 Å². The molecule has 3 aromatic carbocycles. The fourth-order valence-electron chi connectivity index (χ4n) is 3.54. The monoisotopic (exact) mass is 467 g/mol. The minimum absolute atomic E-state index is 0.0189. The van der Waals surface area contributed by atoms with Crippen LogP contribution in [-0.2, 0) is 17.9 Å². The number of halogens is 2. The molecule has 172 valence electrons. The lowest BCUT2D eigenvalue weighted by molar-refractivity contribution is -0.132. The van der Waals surface area contributed by atoms with E-state index in [1.807, 2.05) is 44.1 Å². The summed E-state index contributed by atoms with van der Waals surface area (Å²) in [5, 5.41) is 3.27. The molecular weight excluding hydrogens is 441 g/mol. The van der Waals surface area contributed by atoms with Gasteiger partial charge in [-0.3, -0.25) is 9.59 Å². The van der Waals surface area contributed by atoms with Gasteiger partial charge in [0.25, 0.3) is 5.91 Å². The highest BCUT2D eigenvalue weighted by Gasteiger charge is 2.17. The van der Waals surface area contributed by atoms with Gasteiger partial charge in [-0.05, 0) is 53.6 Å². The van der Waals surface area contributed by atoms with Crippen molar-refractivity contribution in [3.63, 3.8) is 0 Å². The van der Waals surface area contributed by atoms with Crippen LogP contribution in [0, 0.1) is 5.82 Å². The molecule has 0 saturated heterocycles. The van der Waals surface area contributed by atoms with Gasteiger partial charge in [-0.15, -0.1) is 0 Å². The van der Waals surface area contributed by atoms with Crippen LogP contribution in [-0.4, -0.2) is 30.8 Å². The second-order valence-electron chi connectivity index (χ2n) is 7.90. The van der Waals surface area contributed by atoms with E-state index in [2.05, 4.69) is 5.32 Å². The molecule has 33 heavy (non-hydrogen) atoms. The Morgan fingerprint density at radius 3 is 2.30 bits per heavy atom. The summed E-state index contributed by atoms with van der Waals surface area (Å²) in [5.74, 6) is -0.643. The number of hydrogen-bond acceptors (Lipinski definition) is 3. The van der Waals surface area contributed by atoms with Crippen molar-refractivity contribution in [1.29, 1.82) is 0 Å². The van der Waals surface area contributed by atoms with Crippen LogP contribution in [0.25, 0.3) is 0 Å². The number of carbonyl (C=O) groups excluding carboxylic acids is 2. The van der Waals surface area contributed by atoms with Crippen LogP contribution in [0.4, 0.5) is 15.8 Å². The first kappa shape index (κ1) is 24.3. The van der Waals surface area contributed by atoms with Gasteiger partial charge < -0.3 is 15.1 Å². The number of nitrogens with zero attached hydrogens (tertiary/aromatic N) is 2. The lowest BCUT2D eigenvalue weighted by Crippen LogP contribution is -2.30. The van der Waals surface area contributed by atoms with Gasteiger partial charge >= 0.3 is 0 Å². The topological polar surface area (TPSA) is 52.7 Å². The minimum atomic E-state index is -0.316. The Morgan fingerprint density at radius 2 is 1.67 bits per heavy atom. The second kappa shape index (κ2) is 11.0. The van der Waals surface area contributed by atoms with E-state index >= 15 is 0 Å². The Bertz CT molecular complexity index is 1130. The van der Waals surface area contributed by atoms with Crippen LogP contribution in [0.1, 0.15) is 34.8 Å². The number of nitrogens with one attached hydrogen (secondary N) is 1. The number of hydrogen-bond donors (Lipinski definition) is 1. The van der Waals surface area contributed by atoms with Crippen LogP contribution in [0.15, 0.2) is 66.7 Å². The fraction of sp³-hybridized carbons (Fsp3) is 0.231. The molecule has 0 fully saturated rings. The van der Waals surface area contributed by atoms with Gasteiger partial charge in [-0.25, -0.2) is 4.39 Å². The molecule has 3 rings (SSSR count). The largest absolute Gasteiger partial charge is 0.377 e. The van der Waals surface area contributed by atoms with Crippen molar-refractivity contribution in [2.75, 3.05) is 24.3 Å². The fourth-order valence-corrected chi connectivity index (χ4v) is 3.76. The maximum absolute atomic E-state index is 13.3. The third kappa shape index (κ3) is 6.33. The normalized spacial score (nSPS) is 10.6. The van der Waals surface area contributed by atoms with Crippen LogP contribution in [0.5, 0.6) is 0 Å². The van der Waals surface area contributed by atoms with Crippen molar-refractivity contribution in [3.8, 4) is 0 Å². The predicted octanol–water partition coefficient (Wildman–Crippen LogP) is 5.74. The van der Waals surface area contributed by atoms with Crippen molar-refractivity contribution in [2.45, 2.75) is 26.4 Å². The number of carbonyl (C=O) groups is 2. The first-order chi connectivity index (χ1) is 15.8. The maximum Gasteiger partial charge on any atom is 0.257 e. The number of anilines is 2. The van der Waals surface area contributed by atoms with Crippen LogP contribution < -0.4 is 10.2 Å². The summed E-state index contributed by atoms with van der Waals surface area (Å²) < 4.78 is 13.3. The molecule has 0 aliphatic rings. The summed E-state index contributed by atoms with van der Waals surface area (Å²) >= 11 is 6.15. The van der Waals surface area contributed by atoms with Crippen LogP contribution in [0.3, 0.4) is 0 Å². The molecule has 0 spiro atoms. The van der Waals surface area contributed by atoms with Crippen molar-refractivity contribution in [1.82, 2.24) is 4.90 Å². The summed E-state index contributed by atoms with van der Waals surface area (Å²) in [5.41, 5.74) is 3.63. The zero-order chi connectivity index (χ0) is 24.0. The molecule has 1 N–H and O–H groups in total. The summed E-state index contributed by atoms with van der Waals surface area (Å²) in [6, 6.07) is 18.6. The number of benzene rings is 3. The van der Waals surface area contributed by atoms with Gasteiger partial charge in [-0.2, -0.15) is 0 Å². The highest BCUT2D eigenvalue weighted by atomic mass is 35.5. The minimum Gasteiger partial charge on any atom is -0.377 e. The first-order valence-electron chi connectivity index (χ1n) is 10.7. The molecule has 0 aliphatic heterocycles. The lowest BCUT2D eigenvalue weighted by Gasteiger charge is -2.26. The van der Waals surface area contributed by atoms with Crippen LogP contribution in [0.2, 0.25) is 5.02 Å². The molecule has 0 aliphatic carbocycles. The average Bonchev–Trinajstić information content (AvgIpc) is 2.79. The van der Waals surface area contributed by atoms with E-state index in [0.29, 0.717) is 35.8 Å². The Morgan fingerprint density at radius 1 is 0.970 bits per heavy atom. The molecule has 0 unspecified atom stereocenters. The molecule has 0 heterocycles. The standard InChI is InChI=1S/C26H27ClFN3O2/c1-4-25(32)31(16-18-9-11-20(28)12-10-18)17-19-15-21(13-14-24(19)30(2)3)29-26(33)22-7-5-6-8-23(22)27/h5-15H,4,16-17H2,1-3H3,(H,29,33). The molecule has 0 radical (unpaired) electrons. The number of rotatable bonds is 8. The third-order valence-electron chi connectivity index (χ3n) is 5.24. The van der Waals surface area contributed by atoms with E-state index in [0.717, 1.165) is 16.8 Å². The van der Waals surface area contributed by atoms with Gasteiger partial charge in [0.05, 0.1) is 10.6 Å². The van der Waals surface area contributed by atoms with Crippen molar-refractivity contribution in [3.05, 3.63) is 94.3 Å². The highest BCUT2D eigenvalue weighted by Crippen LogP contribution is 2.26. The third-order valence-corrected chi connectivity index (χ3v) is 5.57. The molecule has 0 atom stereocenters. The summed E-state index contributed by atoms with van der Waals surface area (Å²) in [7, 11) is 3.85. The van der Waals surface area contributed by atoms with Crippen molar-refractivity contribution in [2.24, 2.45) is 0 Å². The van der Waals surface area contributed by atoms with E-state index in [1.54, 1.807) is 41.3 Å². The molecule has 7 heteroatoms. The van der Waals surface area contributed by atoms with E-state index in [9.17, 15) is 14.0 Å². The summed E-state index contributed by atoms with van der Waals surface area (Å²) in [4.78, 5) is 29.1. The SMILES string of the molecule is CCC(=O)N(Cc1ccc(F)cc1)Cc1cc(NC(=O)c2ccccc2Cl)ccc1N(C)C. The second-order valence-corrected chi connectivity index (χ2v) is 8.31. The van der Waals surface area contributed by atoms with Gasteiger partial charge in [0.1, 0.15) is 5.82 Å². The van der Waals surface area contributed by atoms with Crippen molar-refractivity contribution >= 4 is 34.8 Å². The smallest absolute Gasteiger partial charge is 0.257 e. The molecule has 0 aromatic heterocycles. The Balaban J connectivity index is 1.88. The summed E-state index contributed by atoms with van der Waals surface area (Å²) in [6.45, 7) is 2.51. The van der Waals surface area contributed by atoms with Gasteiger partial charge in [0.2, 0.25) is 5.91 Å². The van der Waals surface area contributed by atoms with E-state index in [-0.39, 0.29) is 17.6 Å². The lowest BCUT2D eigenvalue weighted by atomic mass is 10.1. The molecule has 3 aromatic rings. The Labute approximate surface area is 198 Å². The van der Waals surface area contributed by atoms with Gasteiger partial charge in [0, 0.05) is 45.0 Å². The maximum atomic E-state index is 13.3. The molecule has 0 bridgehead atoms. The van der Waals surface area contributed by atoms with E-state index < -0.39 is 0 Å². The Hall–Kier alpha value is -3.38. The van der Waals surface area contributed by atoms with Gasteiger partial charge in [0.15, 0.2) is 0 Å². The zero-order valence-electron chi connectivity index (χ0n) is 18.9. The average molecular weight is 468 g/mol. The summed E-state index contributed by atoms with van der Waals surface area (Å²) in [6.07, 6.45) is 0.349. The molecule has 5 nitrogen and oxygen atoms in total. The molecular formula is C26H27ClFN3O2.